The summed E-state index contributed by atoms with van der Waals surface area (Å²) in [5.41, 5.74) is 6.48. The second-order valence-electron chi connectivity index (χ2n) is 3.13. The van der Waals surface area contributed by atoms with Crippen molar-refractivity contribution in [3.8, 4) is 5.75 Å². The normalized spacial score (nSPS) is 11.9. The first kappa shape index (κ1) is 11.5. The quantitative estimate of drug-likeness (QED) is 0.754. The van der Waals surface area contributed by atoms with Crippen molar-refractivity contribution in [1.29, 1.82) is 0 Å². The molecule has 1 aromatic rings. The molecular formula is C11H15NO3. The minimum absolute atomic E-state index is 0.391. The van der Waals surface area contributed by atoms with E-state index in [1.807, 2.05) is 12.1 Å². The maximum Gasteiger partial charge on any atom is 0.346 e. The molecule has 1 rings (SSSR count). The average molecular weight is 209 g/mol. The van der Waals surface area contributed by atoms with E-state index in [9.17, 15) is 4.79 Å². The van der Waals surface area contributed by atoms with Crippen LogP contribution in [0, 0.1) is 0 Å². The van der Waals surface area contributed by atoms with E-state index in [-0.39, 0.29) is 0 Å². The molecule has 4 heteroatoms. The lowest BCUT2D eigenvalue weighted by atomic mass is 10.2. The molecule has 0 aromatic heterocycles. The van der Waals surface area contributed by atoms with Crippen molar-refractivity contribution >= 4 is 5.97 Å². The Morgan fingerprint density at radius 1 is 1.40 bits per heavy atom. The van der Waals surface area contributed by atoms with Crippen molar-refractivity contribution in [2.75, 3.05) is 7.11 Å². The summed E-state index contributed by atoms with van der Waals surface area (Å²) in [6, 6.07) is 7.28. The molecule has 0 aliphatic carbocycles. The van der Waals surface area contributed by atoms with Gasteiger partial charge >= 0.3 is 5.97 Å². The van der Waals surface area contributed by atoms with E-state index in [4.69, 9.17) is 10.5 Å². The molecule has 0 spiro atoms. The SMILES string of the molecule is COC(=O)[C@@H](C)Oc1ccc(CN)cc1. The van der Waals surface area contributed by atoms with Gasteiger partial charge in [0.15, 0.2) is 6.10 Å². The van der Waals surface area contributed by atoms with Gasteiger partial charge in [-0.25, -0.2) is 4.79 Å². The summed E-state index contributed by atoms with van der Waals surface area (Å²) in [5.74, 6) is 0.239. The molecule has 0 radical (unpaired) electrons. The largest absolute Gasteiger partial charge is 0.479 e. The molecule has 1 atom stereocenters. The van der Waals surface area contributed by atoms with Gasteiger partial charge in [-0.3, -0.25) is 0 Å². The van der Waals surface area contributed by atoms with E-state index in [2.05, 4.69) is 4.74 Å². The Morgan fingerprint density at radius 3 is 2.47 bits per heavy atom. The molecule has 82 valence electrons. The summed E-state index contributed by atoms with van der Waals surface area (Å²) < 4.78 is 9.90. The Kier molecular flexibility index (Phi) is 4.12. The Hall–Kier alpha value is -1.55. The van der Waals surface area contributed by atoms with Crippen molar-refractivity contribution < 1.29 is 14.3 Å². The molecule has 0 amide bonds. The van der Waals surface area contributed by atoms with Gasteiger partial charge in [0.2, 0.25) is 0 Å². The lowest BCUT2D eigenvalue weighted by Crippen LogP contribution is -2.24. The summed E-state index contributed by atoms with van der Waals surface area (Å²) in [5, 5.41) is 0. The van der Waals surface area contributed by atoms with Crippen molar-refractivity contribution in [3.63, 3.8) is 0 Å². The highest BCUT2D eigenvalue weighted by Crippen LogP contribution is 2.13. The van der Waals surface area contributed by atoms with E-state index < -0.39 is 12.1 Å². The number of benzene rings is 1. The number of nitrogens with two attached hydrogens (primary N) is 1. The minimum Gasteiger partial charge on any atom is -0.479 e. The number of methoxy groups -OCH3 is 1. The highest BCUT2D eigenvalue weighted by Gasteiger charge is 2.14. The van der Waals surface area contributed by atoms with E-state index in [0.29, 0.717) is 12.3 Å². The second kappa shape index (κ2) is 5.36. The predicted molar refractivity (Wildman–Crippen MR) is 56.4 cm³/mol. The number of rotatable bonds is 4. The van der Waals surface area contributed by atoms with Crippen LogP contribution in [0.15, 0.2) is 24.3 Å². The maximum absolute atomic E-state index is 11.1. The fraction of sp³-hybridized carbons (Fsp3) is 0.364. The van der Waals surface area contributed by atoms with Gasteiger partial charge in [0.25, 0.3) is 0 Å². The van der Waals surface area contributed by atoms with Crippen LogP contribution in [-0.2, 0) is 16.1 Å². The molecule has 4 nitrogen and oxygen atoms in total. The molecule has 0 bridgehead atoms. The summed E-state index contributed by atoms with van der Waals surface area (Å²) in [6.45, 7) is 2.13. The van der Waals surface area contributed by atoms with Gasteiger partial charge < -0.3 is 15.2 Å². The summed E-state index contributed by atoms with van der Waals surface area (Å²) in [6.07, 6.45) is -0.598. The lowest BCUT2D eigenvalue weighted by molar-refractivity contribution is -0.147. The number of carbonyl (C=O) groups is 1. The van der Waals surface area contributed by atoms with Gasteiger partial charge in [-0.05, 0) is 24.6 Å². The van der Waals surface area contributed by atoms with E-state index in [1.54, 1.807) is 19.1 Å². The van der Waals surface area contributed by atoms with E-state index in [1.165, 1.54) is 7.11 Å². The summed E-state index contributed by atoms with van der Waals surface area (Å²) in [4.78, 5) is 11.1. The van der Waals surface area contributed by atoms with Crippen molar-refractivity contribution in [2.24, 2.45) is 5.73 Å². The lowest BCUT2D eigenvalue weighted by Gasteiger charge is -2.12. The first-order valence-corrected chi connectivity index (χ1v) is 4.71. The van der Waals surface area contributed by atoms with Crippen LogP contribution in [-0.4, -0.2) is 19.2 Å². The van der Waals surface area contributed by atoms with E-state index >= 15 is 0 Å². The third kappa shape index (κ3) is 3.25. The fourth-order valence-corrected chi connectivity index (χ4v) is 1.12. The molecular weight excluding hydrogens is 194 g/mol. The van der Waals surface area contributed by atoms with Gasteiger partial charge in [-0.2, -0.15) is 0 Å². The third-order valence-corrected chi connectivity index (χ3v) is 2.01. The van der Waals surface area contributed by atoms with Crippen molar-refractivity contribution in [2.45, 2.75) is 19.6 Å². The van der Waals surface area contributed by atoms with Crippen LogP contribution in [0.1, 0.15) is 12.5 Å². The standard InChI is InChI=1S/C11H15NO3/c1-8(11(13)14-2)15-10-5-3-9(7-12)4-6-10/h3-6,8H,7,12H2,1-2H3/t8-/m1/s1. The molecule has 0 unspecified atom stereocenters. The van der Waals surface area contributed by atoms with Crippen LogP contribution in [0.2, 0.25) is 0 Å². The second-order valence-corrected chi connectivity index (χ2v) is 3.13. The predicted octanol–water partition coefficient (Wildman–Crippen LogP) is 1.09. The Morgan fingerprint density at radius 2 is 2.00 bits per heavy atom. The van der Waals surface area contributed by atoms with Crippen LogP contribution in [0.5, 0.6) is 5.75 Å². The number of hydrogen-bond donors (Lipinski definition) is 1. The fourth-order valence-electron chi connectivity index (χ4n) is 1.12. The zero-order chi connectivity index (χ0) is 11.3. The zero-order valence-electron chi connectivity index (χ0n) is 8.90. The van der Waals surface area contributed by atoms with Crippen LogP contribution in [0.3, 0.4) is 0 Å². The topological polar surface area (TPSA) is 61.5 Å². The first-order chi connectivity index (χ1) is 7.17. The summed E-state index contributed by atoms with van der Waals surface area (Å²) in [7, 11) is 1.33. The molecule has 0 saturated heterocycles. The van der Waals surface area contributed by atoms with Gasteiger partial charge in [-0.15, -0.1) is 0 Å². The number of esters is 1. The number of hydrogen-bond acceptors (Lipinski definition) is 4. The average Bonchev–Trinajstić information content (AvgIpc) is 2.29. The van der Waals surface area contributed by atoms with Gasteiger partial charge in [0.1, 0.15) is 5.75 Å². The maximum atomic E-state index is 11.1. The van der Waals surface area contributed by atoms with Crippen LogP contribution >= 0.6 is 0 Å². The molecule has 0 saturated carbocycles. The molecule has 0 aliphatic rings. The molecule has 1 aromatic carbocycles. The van der Waals surface area contributed by atoms with E-state index in [0.717, 1.165) is 5.56 Å². The van der Waals surface area contributed by atoms with Gasteiger partial charge in [0, 0.05) is 6.54 Å². The Balaban J connectivity index is 2.60. The minimum atomic E-state index is -0.598. The monoisotopic (exact) mass is 209 g/mol. The van der Waals surface area contributed by atoms with Crippen LogP contribution < -0.4 is 10.5 Å². The first-order valence-electron chi connectivity index (χ1n) is 4.71. The molecule has 0 heterocycles. The van der Waals surface area contributed by atoms with Gasteiger partial charge in [0.05, 0.1) is 7.11 Å². The summed E-state index contributed by atoms with van der Waals surface area (Å²) >= 11 is 0. The highest BCUT2D eigenvalue weighted by molar-refractivity contribution is 5.74. The third-order valence-electron chi connectivity index (χ3n) is 2.01. The van der Waals surface area contributed by atoms with Crippen molar-refractivity contribution in [3.05, 3.63) is 29.8 Å². The van der Waals surface area contributed by atoms with Crippen LogP contribution in [0.4, 0.5) is 0 Å². The highest BCUT2D eigenvalue weighted by atomic mass is 16.6. The molecule has 15 heavy (non-hydrogen) atoms. The van der Waals surface area contributed by atoms with Gasteiger partial charge in [-0.1, -0.05) is 12.1 Å². The molecule has 0 fully saturated rings. The number of ether oxygens (including phenoxy) is 2. The smallest absolute Gasteiger partial charge is 0.346 e. The van der Waals surface area contributed by atoms with Crippen LogP contribution in [0.25, 0.3) is 0 Å². The number of carbonyl (C=O) groups excluding carboxylic acids is 1. The zero-order valence-corrected chi connectivity index (χ0v) is 8.90. The molecule has 2 N–H and O–H groups in total. The van der Waals surface area contributed by atoms with Crippen molar-refractivity contribution in [1.82, 2.24) is 0 Å². The Labute approximate surface area is 89.0 Å². The Bertz CT molecular complexity index is 321. The molecule has 0 aliphatic heterocycles.